The molecule has 1 aromatic carbocycles. The Labute approximate surface area is 177 Å². The first-order valence-electron chi connectivity index (χ1n) is 8.92. The van der Waals surface area contributed by atoms with Gasteiger partial charge in [-0.3, -0.25) is 4.79 Å². The van der Waals surface area contributed by atoms with Crippen molar-refractivity contribution in [3.8, 4) is 0 Å². The highest BCUT2D eigenvalue weighted by atomic mass is 32.2. The summed E-state index contributed by atoms with van der Waals surface area (Å²) >= 11 is 1.03. The number of halogens is 6. The molecule has 1 fully saturated rings. The van der Waals surface area contributed by atoms with Crippen LogP contribution in [0.4, 0.5) is 26.3 Å². The molecule has 1 aliphatic rings. The third-order valence-electron chi connectivity index (χ3n) is 4.70. The molecule has 31 heavy (non-hydrogen) atoms. The van der Waals surface area contributed by atoms with Gasteiger partial charge in [0.05, 0.1) is 11.1 Å². The molecule has 0 radical (unpaired) electrons. The molecule has 5 nitrogen and oxygen atoms in total. The van der Waals surface area contributed by atoms with Crippen LogP contribution in [0.15, 0.2) is 39.9 Å². The number of likely N-dealkylation sites (tertiary alicyclic amines) is 1. The van der Waals surface area contributed by atoms with E-state index in [1.54, 1.807) is 11.4 Å². The van der Waals surface area contributed by atoms with Gasteiger partial charge in [0.25, 0.3) is 5.91 Å². The van der Waals surface area contributed by atoms with E-state index in [0.29, 0.717) is 12.1 Å². The highest BCUT2D eigenvalue weighted by molar-refractivity contribution is 7.91. The number of alkyl halides is 6. The van der Waals surface area contributed by atoms with E-state index >= 15 is 0 Å². The summed E-state index contributed by atoms with van der Waals surface area (Å²) in [5, 5.41) is 1.60. The molecule has 1 aromatic heterocycles. The average Bonchev–Trinajstić information content (AvgIpc) is 3.22. The number of hydrogen-bond acceptors (Lipinski definition) is 4. The van der Waals surface area contributed by atoms with Crippen molar-refractivity contribution < 1.29 is 39.6 Å². The Hall–Kier alpha value is -2.12. The summed E-state index contributed by atoms with van der Waals surface area (Å²) in [7, 11) is -3.74. The number of thiophene rings is 1. The van der Waals surface area contributed by atoms with Gasteiger partial charge in [-0.1, -0.05) is 6.07 Å². The quantitative estimate of drug-likeness (QED) is 0.653. The van der Waals surface area contributed by atoms with Crippen LogP contribution < -0.4 is 4.72 Å². The van der Waals surface area contributed by atoms with Crippen LogP contribution in [0, 0.1) is 0 Å². The predicted molar refractivity (Wildman–Crippen MR) is 100 cm³/mol. The maximum atomic E-state index is 13.0. The molecule has 0 spiro atoms. The van der Waals surface area contributed by atoms with Crippen molar-refractivity contribution >= 4 is 27.3 Å². The molecule has 13 heteroatoms. The zero-order chi connectivity index (χ0) is 23.0. The van der Waals surface area contributed by atoms with E-state index in [2.05, 4.69) is 4.72 Å². The smallest absolute Gasteiger partial charge is 0.339 e. The minimum absolute atomic E-state index is 0.0198. The molecule has 0 unspecified atom stereocenters. The maximum Gasteiger partial charge on any atom is 0.416 e. The second-order valence-corrected chi connectivity index (χ2v) is 9.80. The van der Waals surface area contributed by atoms with Crippen molar-refractivity contribution in [2.45, 2.75) is 35.4 Å². The number of amides is 1. The molecular formula is C18H16F6N2O3S2. The van der Waals surface area contributed by atoms with Crippen LogP contribution in [0.5, 0.6) is 0 Å². The predicted octanol–water partition coefficient (Wildman–Crippen LogP) is 4.37. The Bertz CT molecular complexity index is 1010. The van der Waals surface area contributed by atoms with Gasteiger partial charge in [0.2, 0.25) is 10.0 Å². The van der Waals surface area contributed by atoms with Gasteiger partial charge in [0.15, 0.2) is 0 Å². The number of carbonyl (C=O) groups excluding carboxylic acids is 1. The normalized spacial score (nSPS) is 16.5. The van der Waals surface area contributed by atoms with E-state index in [9.17, 15) is 39.6 Å². The van der Waals surface area contributed by atoms with E-state index < -0.39 is 51.0 Å². The minimum atomic E-state index is -5.05. The van der Waals surface area contributed by atoms with Gasteiger partial charge in [-0.05, 0) is 42.5 Å². The second kappa shape index (κ2) is 8.43. The number of piperidine rings is 1. The van der Waals surface area contributed by atoms with Gasteiger partial charge in [-0.2, -0.15) is 26.3 Å². The van der Waals surface area contributed by atoms with Crippen molar-refractivity contribution in [2.24, 2.45) is 0 Å². The molecule has 0 saturated carbocycles. The molecule has 0 bridgehead atoms. The van der Waals surface area contributed by atoms with Gasteiger partial charge in [-0.25, -0.2) is 13.1 Å². The molecule has 3 rings (SSSR count). The summed E-state index contributed by atoms with van der Waals surface area (Å²) in [4.78, 5) is 13.7. The highest BCUT2D eigenvalue weighted by Crippen LogP contribution is 2.36. The largest absolute Gasteiger partial charge is 0.416 e. The summed E-state index contributed by atoms with van der Waals surface area (Å²) in [6.45, 7) is -0.0396. The van der Waals surface area contributed by atoms with Crippen LogP contribution in [-0.2, 0) is 22.4 Å². The Balaban J connectivity index is 1.73. The number of nitrogens with one attached hydrogen (secondary N) is 1. The number of benzene rings is 1. The Morgan fingerprint density at radius 2 is 1.55 bits per heavy atom. The van der Waals surface area contributed by atoms with Crippen LogP contribution in [0.2, 0.25) is 0 Å². The Kier molecular flexibility index (Phi) is 6.40. The van der Waals surface area contributed by atoms with Gasteiger partial charge in [-0.15, -0.1) is 11.3 Å². The average molecular weight is 486 g/mol. The number of carbonyl (C=O) groups is 1. The van der Waals surface area contributed by atoms with E-state index in [-0.39, 0.29) is 36.2 Å². The summed E-state index contributed by atoms with van der Waals surface area (Å²) < 4.78 is 105. The standard InChI is InChI=1S/C18H16F6N2O3S2/c19-17(20,21)12-8-11(9-13(10-12)18(22,23)24)16(27)26-5-3-14(4-6-26)25-31(28,29)15-2-1-7-30-15/h1-2,7-10,14,25H,3-6H2. The van der Waals surface area contributed by atoms with Gasteiger partial charge < -0.3 is 4.90 Å². The molecule has 0 atom stereocenters. The SMILES string of the molecule is O=C(c1cc(C(F)(F)F)cc(C(F)(F)F)c1)N1CCC(NS(=O)(=O)c2cccs2)CC1. The van der Waals surface area contributed by atoms with Crippen LogP contribution >= 0.6 is 11.3 Å². The molecule has 1 saturated heterocycles. The number of nitrogens with zero attached hydrogens (tertiary/aromatic N) is 1. The first-order valence-corrected chi connectivity index (χ1v) is 11.3. The van der Waals surface area contributed by atoms with Gasteiger partial charge in [0.1, 0.15) is 4.21 Å². The van der Waals surface area contributed by atoms with Crippen LogP contribution in [-0.4, -0.2) is 38.4 Å². The van der Waals surface area contributed by atoms with E-state index in [0.717, 1.165) is 16.2 Å². The Morgan fingerprint density at radius 3 is 2.00 bits per heavy atom. The van der Waals surface area contributed by atoms with Crippen LogP contribution in [0.25, 0.3) is 0 Å². The fourth-order valence-electron chi connectivity index (χ4n) is 3.16. The van der Waals surface area contributed by atoms with Crippen molar-refractivity contribution in [1.82, 2.24) is 9.62 Å². The molecule has 1 N–H and O–H groups in total. The zero-order valence-electron chi connectivity index (χ0n) is 15.6. The number of rotatable bonds is 4. The molecule has 2 aromatic rings. The van der Waals surface area contributed by atoms with Crippen molar-refractivity contribution in [3.63, 3.8) is 0 Å². The summed E-state index contributed by atoms with van der Waals surface area (Å²) in [6, 6.07) is 3.24. The Morgan fingerprint density at radius 1 is 1.00 bits per heavy atom. The minimum Gasteiger partial charge on any atom is -0.339 e. The third kappa shape index (κ3) is 5.57. The molecule has 1 aliphatic heterocycles. The molecule has 170 valence electrons. The number of hydrogen-bond donors (Lipinski definition) is 1. The molecular weight excluding hydrogens is 470 g/mol. The van der Waals surface area contributed by atoms with Gasteiger partial charge >= 0.3 is 12.4 Å². The maximum absolute atomic E-state index is 13.0. The summed E-state index contributed by atoms with van der Waals surface area (Å²) in [5.41, 5.74) is -3.85. The first-order chi connectivity index (χ1) is 14.3. The lowest BCUT2D eigenvalue weighted by Gasteiger charge is -2.32. The van der Waals surface area contributed by atoms with Crippen LogP contribution in [0.3, 0.4) is 0 Å². The molecule has 1 amide bonds. The fourth-order valence-corrected chi connectivity index (χ4v) is 5.47. The summed E-state index contributed by atoms with van der Waals surface area (Å²) in [5.74, 6) is -0.976. The lowest BCUT2D eigenvalue weighted by Crippen LogP contribution is -2.46. The van der Waals surface area contributed by atoms with Gasteiger partial charge in [0, 0.05) is 24.7 Å². The van der Waals surface area contributed by atoms with E-state index in [4.69, 9.17) is 0 Å². The first kappa shape index (κ1) is 23.5. The molecule has 2 heterocycles. The second-order valence-electron chi connectivity index (χ2n) is 6.91. The van der Waals surface area contributed by atoms with E-state index in [1.807, 2.05) is 0 Å². The van der Waals surface area contributed by atoms with E-state index in [1.165, 1.54) is 6.07 Å². The highest BCUT2D eigenvalue weighted by Gasteiger charge is 2.38. The summed E-state index contributed by atoms with van der Waals surface area (Å²) in [6.07, 6.45) is -9.77. The van der Waals surface area contributed by atoms with Crippen molar-refractivity contribution in [2.75, 3.05) is 13.1 Å². The lowest BCUT2D eigenvalue weighted by molar-refractivity contribution is -0.143. The lowest BCUT2D eigenvalue weighted by atomic mass is 10.0. The monoisotopic (exact) mass is 486 g/mol. The fraction of sp³-hybridized carbons (Fsp3) is 0.389. The third-order valence-corrected chi connectivity index (χ3v) is 7.62. The van der Waals surface area contributed by atoms with Crippen molar-refractivity contribution in [1.29, 1.82) is 0 Å². The molecule has 0 aliphatic carbocycles. The van der Waals surface area contributed by atoms with Crippen LogP contribution in [0.1, 0.15) is 34.3 Å². The number of sulfonamides is 1. The van der Waals surface area contributed by atoms with Crippen molar-refractivity contribution in [3.05, 3.63) is 52.4 Å². The topological polar surface area (TPSA) is 66.5 Å². The zero-order valence-corrected chi connectivity index (χ0v) is 17.3.